The Labute approximate surface area is 123 Å². The van der Waals surface area contributed by atoms with Gasteiger partial charge in [0.05, 0.1) is 5.02 Å². The summed E-state index contributed by atoms with van der Waals surface area (Å²) in [6, 6.07) is 13.9. The lowest BCUT2D eigenvalue weighted by molar-refractivity contribution is 0.590. The van der Waals surface area contributed by atoms with Crippen LogP contribution in [0, 0.1) is 0 Å². The van der Waals surface area contributed by atoms with Gasteiger partial charge in [0.25, 0.3) is 0 Å². The first-order chi connectivity index (χ1) is 9.45. The van der Waals surface area contributed by atoms with Gasteiger partial charge in [-0.3, -0.25) is 0 Å². The van der Waals surface area contributed by atoms with E-state index in [1.54, 1.807) is 0 Å². The third-order valence-corrected chi connectivity index (χ3v) is 3.61. The summed E-state index contributed by atoms with van der Waals surface area (Å²) in [6.45, 7) is 6.47. The number of rotatable bonds is 1. The fourth-order valence-electron chi connectivity index (χ4n) is 2.13. The highest BCUT2D eigenvalue weighted by Gasteiger charge is 2.18. The summed E-state index contributed by atoms with van der Waals surface area (Å²) in [7, 11) is 0. The smallest absolute Gasteiger partial charge is 0.227 e. The molecule has 0 amide bonds. The molecule has 1 aromatic heterocycles. The second-order valence-electron chi connectivity index (χ2n) is 5.94. The van der Waals surface area contributed by atoms with Crippen molar-refractivity contribution in [2.45, 2.75) is 26.2 Å². The minimum Gasteiger partial charge on any atom is -0.435 e. The van der Waals surface area contributed by atoms with Crippen molar-refractivity contribution in [1.82, 2.24) is 4.98 Å². The number of hydrogen-bond donors (Lipinski definition) is 0. The molecule has 3 heteroatoms. The van der Waals surface area contributed by atoms with Gasteiger partial charge in [-0.05, 0) is 35.2 Å². The molecule has 0 radical (unpaired) electrons. The average Bonchev–Trinajstić information content (AvgIpc) is 2.83. The molecule has 0 unspecified atom stereocenters. The highest BCUT2D eigenvalue weighted by atomic mass is 35.5. The van der Waals surface area contributed by atoms with E-state index in [4.69, 9.17) is 16.0 Å². The van der Waals surface area contributed by atoms with Gasteiger partial charge in [0.2, 0.25) is 5.89 Å². The Balaban J connectivity index is 2.19. The standard InChI is InChI=1S/C17H16ClNO/c1-17(2,3)12-9-13(18)15-14(10-12)19-16(20-15)11-7-5-4-6-8-11/h4-10H,1-3H3/i16+1. The van der Waals surface area contributed by atoms with Crippen molar-refractivity contribution in [2.24, 2.45) is 0 Å². The van der Waals surface area contributed by atoms with Crippen molar-refractivity contribution in [3.63, 3.8) is 0 Å². The van der Waals surface area contributed by atoms with Gasteiger partial charge in [0.15, 0.2) is 5.58 Å². The van der Waals surface area contributed by atoms with Gasteiger partial charge in [0.1, 0.15) is 5.52 Å². The molecule has 0 spiro atoms. The Morgan fingerprint density at radius 3 is 2.40 bits per heavy atom. The fraction of sp³-hybridized carbons (Fsp3) is 0.235. The predicted octanol–water partition coefficient (Wildman–Crippen LogP) is 5.45. The Hall–Kier alpha value is -1.80. The van der Waals surface area contributed by atoms with Crippen LogP contribution in [0.4, 0.5) is 0 Å². The zero-order chi connectivity index (χ0) is 14.3. The van der Waals surface area contributed by atoms with Gasteiger partial charge in [-0.15, -0.1) is 0 Å². The number of oxazole rings is 1. The number of nitrogens with zero attached hydrogens (tertiary/aromatic N) is 1. The Morgan fingerprint density at radius 1 is 1.05 bits per heavy atom. The van der Waals surface area contributed by atoms with Crippen molar-refractivity contribution >= 4 is 22.7 Å². The van der Waals surface area contributed by atoms with Gasteiger partial charge in [-0.2, -0.15) is 0 Å². The van der Waals surface area contributed by atoms with Crippen molar-refractivity contribution in [3.8, 4) is 11.5 Å². The lowest BCUT2D eigenvalue weighted by Gasteiger charge is -2.18. The van der Waals surface area contributed by atoms with Gasteiger partial charge < -0.3 is 4.42 Å². The molecule has 3 rings (SSSR count). The van der Waals surface area contributed by atoms with E-state index in [0.717, 1.165) is 16.6 Å². The zero-order valence-electron chi connectivity index (χ0n) is 11.8. The van der Waals surface area contributed by atoms with Crippen LogP contribution < -0.4 is 0 Å². The normalized spacial score (nSPS) is 12.0. The van der Waals surface area contributed by atoms with Gasteiger partial charge in [-0.25, -0.2) is 4.98 Å². The minimum atomic E-state index is 0.0314. The highest BCUT2D eigenvalue weighted by molar-refractivity contribution is 6.34. The van der Waals surface area contributed by atoms with E-state index < -0.39 is 0 Å². The molecule has 102 valence electrons. The third-order valence-electron chi connectivity index (χ3n) is 3.33. The van der Waals surface area contributed by atoms with Crippen LogP contribution in [-0.4, -0.2) is 4.98 Å². The number of halogens is 1. The quantitative estimate of drug-likeness (QED) is 0.595. The van der Waals surface area contributed by atoms with E-state index >= 15 is 0 Å². The molecule has 20 heavy (non-hydrogen) atoms. The molecule has 0 fully saturated rings. The van der Waals surface area contributed by atoms with E-state index in [2.05, 4.69) is 31.8 Å². The first-order valence-electron chi connectivity index (χ1n) is 6.61. The maximum atomic E-state index is 6.34. The predicted molar refractivity (Wildman–Crippen MR) is 83.2 cm³/mol. The average molecular weight is 287 g/mol. The molecule has 0 saturated carbocycles. The van der Waals surface area contributed by atoms with Crippen molar-refractivity contribution in [1.29, 1.82) is 0 Å². The van der Waals surface area contributed by atoms with E-state index in [1.165, 1.54) is 0 Å². The minimum absolute atomic E-state index is 0.0314. The van der Waals surface area contributed by atoms with Crippen LogP contribution in [0.1, 0.15) is 26.3 Å². The summed E-state index contributed by atoms with van der Waals surface area (Å²) in [5.74, 6) is 0.605. The maximum Gasteiger partial charge on any atom is 0.227 e. The van der Waals surface area contributed by atoms with E-state index in [-0.39, 0.29) is 5.41 Å². The van der Waals surface area contributed by atoms with E-state index in [1.807, 2.05) is 36.4 Å². The molecule has 0 aliphatic heterocycles. The molecule has 2 nitrogen and oxygen atoms in total. The molecule has 0 saturated heterocycles. The van der Waals surface area contributed by atoms with Crippen LogP contribution in [0.3, 0.4) is 0 Å². The molecular weight excluding hydrogens is 271 g/mol. The maximum absolute atomic E-state index is 6.34. The monoisotopic (exact) mass is 286 g/mol. The molecule has 0 N–H and O–H groups in total. The highest BCUT2D eigenvalue weighted by Crippen LogP contribution is 2.34. The Kier molecular flexibility index (Phi) is 3.06. The summed E-state index contributed by atoms with van der Waals surface area (Å²) in [5, 5.41) is 0.613. The largest absolute Gasteiger partial charge is 0.435 e. The van der Waals surface area contributed by atoms with Gasteiger partial charge >= 0.3 is 0 Å². The van der Waals surface area contributed by atoms with Crippen molar-refractivity contribution in [2.75, 3.05) is 0 Å². The first-order valence-corrected chi connectivity index (χ1v) is 6.99. The van der Waals surface area contributed by atoms with Gasteiger partial charge in [-0.1, -0.05) is 50.6 Å². The van der Waals surface area contributed by atoms with Crippen molar-refractivity contribution < 1.29 is 4.42 Å². The summed E-state index contributed by atoms with van der Waals surface area (Å²) in [5.41, 5.74) is 3.60. The molecular formula is C17H16ClNO. The Bertz CT molecular complexity index is 754. The topological polar surface area (TPSA) is 26.0 Å². The summed E-state index contributed by atoms with van der Waals surface area (Å²) in [6.07, 6.45) is 0. The molecule has 3 aromatic rings. The fourth-order valence-corrected chi connectivity index (χ4v) is 2.38. The van der Waals surface area contributed by atoms with Crippen LogP contribution in [-0.2, 0) is 5.41 Å². The summed E-state index contributed by atoms with van der Waals surface area (Å²) < 4.78 is 5.81. The lowest BCUT2D eigenvalue weighted by Crippen LogP contribution is -2.10. The van der Waals surface area contributed by atoms with Crippen LogP contribution >= 0.6 is 11.6 Å². The second-order valence-corrected chi connectivity index (χ2v) is 6.35. The third kappa shape index (κ3) is 2.32. The van der Waals surface area contributed by atoms with E-state index in [9.17, 15) is 0 Å². The molecule has 0 aliphatic rings. The number of aromatic nitrogens is 1. The molecule has 0 aliphatic carbocycles. The van der Waals surface area contributed by atoms with Crippen LogP contribution in [0.2, 0.25) is 5.02 Å². The van der Waals surface area contributed by atoms with E-state index in [0.29, 0.717) is 16.5 Å². The number of hydrogen-bond acceptors (Lipinski definition) is 2. The molecule has 2 aromatic carbocycles. The molecule has 1 heterocycles. The van der Waals surface area contributed by atoms with Crippen LogP contribution in [0.15, 0.2) is 46.9 Å². The number of benzene rings is 2. The zero-order valence-corrected chi connectivity index (χ0v) is 12.5. The summed E-state index contributed by atoms with van der Waals surface area (Å²) >= 11 is 6.34. The lowest BCUT2D eigenvalue weighted by atomic mass is 9.87. The van der Waals surface area contributed by atoms with Crippen LogP contribution in [0.5, 0.6) is 0 Å². The second kappa shape index (κ2) is 4.64. The molecule has 0 atom stereocenters. The first kappa shape index (κ1) is 13.2. The molecule has 0 bridgehead atoms. The van der Waals surface area contributed by atoms with Gasteiger partial charge in [0, 0.05) is 5.56 Å². The SMILES string of the molecule is CC(C)(C)c1cc(Cl)c2o[13c](-c3ccccc3)nc2c1. The number of fused-ring (bicyclic) bond motifs is 1. The summed E-state index contributed by atoms with van der Waals surface area (Å²) in [4.78, 5) is 4.57. The Morgan fingerprint density at radius 2 is 1.75 bits per heavy atom. The van der Waals surface area contributed by atoms with Crippen molar-refractivity contribution in [3.05, 3.63) is 53.1 Å². The van der Waals surface area contributed by atoms with Crippen LogP contribution in [0.25, 0.3) is 22.6 Å².